The van der Waals surface area contributed by atoms with Gasteiger partial charge in [-0.05, 0) is 49.4 Å². The largest absolute Gasteiger partial charge is 0.497 e. The van der Waals surface area contributed by atoms with Gasteiger partial charge >= 0.3 is 5.97 Å². The predicted molar refractivity (Wildman–Crippen MR) is 126 cm³/mol. The van der Waals surface area contributed by atoms with Gasteiger partial charge in [-0.2, -0.15) is 0 Å². The van der Waals surface area contributed by atoms with Gasteiger partial charge in [-0.3, -0.25) is 9.59 Å². The van der Waals surface area contributed by atoms with Crippen molar-refractivity contribution in [3.63, 3.8) is 0 Å². The number of benzene rings is 3. The van der Waals surface area contributed by atoms with Crippen LogP contribution in [0.4, 0.5) is 5.69 Å². The minimum Gasteiger partial charge on any atom is -0.497 e. The molecule has 1 unspecified atom stereocenters. The van der Waals surface area contributed by atoms with Gasteiger partial charge in [0.2, 0.25) is 5.78 Å². The number of hydrogen-bond acceptors (Lipinski definition) is 7. The molecule has 1 atom stereocenters. The van der Waals surface area contributed by atoms with E-state index in [1.165, 1.54) is 32.2 Å². The molecule has 3 rings (SSSR count). The van der Waals surface area contributed by atoms with Crippen molar-refractivity contribution in [2.24, 2.45) is 0 Å². The molecule has 176 valence electrons. The zero-order chi connectivity index (χ0) is 24.5. The van der Waals surface area contributed by atoms with Gasteiger partial charge in [0, 0.05) is 11.3 Å². The monoisotopic (exact) mass is 463 g/mol. The quantitative estimate of drug-likeness (QED) is 0.356. The van der Waals surface area contributed by atoms with Crippen molar-refractivity contribution in [2.45, 2.75) is 13.0 Å². The Morgan fingerprint density at radius 3 is 2.18 bits per heavy atom. The summed E-state index contributed by atoms with van der Waals surface area (Å²) in [7, 11) is 2.97. The number of ether oxygens (including phenoxy) is 4. The lowest BCUT2D eigenvalue weighted by Gasteiger charge is -2.14. The Balaban J connectivity index is 1.59. The summed E-state index contributed by atoms with van der Waals surface area (Å²) in [4.78, 5) is 37.2. The number of rotatable bonds is 10. The second-order valence-electron chi connectivity index (χ2n) is 7.21. The van der Waals surface area contributed by atoms with Gasteiger partial charge in [-0.1, -0.05) is 30.3 Å². The predicted octanol–water partition coefficient (Wildman–Crippen LogP) is 4.15. The van der Waals surface area contributed by atoms with E-state index in [-0.39, 0.29) is 35.4 Å². The molecule has 0 saturated heterocycles. The molecule has 0 aliphatic heterocycles. The van der Waals surface area contributed by atoms with Crippen LogP contribution < -0.4 is 19.5 Å². The molecule has 3 aromatic rings. The summed E-state index contributed by atoms with van der Waals surface area (Å²) >= 11 is 0. The summed E-state index contributed by atoms with van der Waals surface area (Å²) in [6.45, 7) is 1.25. The second-order valence-corrected chi connectivity index (χ2v) is 7.21. The summed E-state index contributed by atoms with van der Waals surface area (Å²) in [5.41, 5.74) is 1.23. The van der Waals surface area contributed by atoms with Crippen LogP contribution in [-0.2, 0) is 9.53 Å². The van der Waals surface area contributed by atoms with Crippen molar-refractivity contribution >= 4 is 23.3 Å². The molecular weight excluding hydrogens is 438 g/mol. The van der Waals surface area contributed by atoms with Crippen LogP contribution in [-0.4, -0.2) is 44.6 Å². The third-order valence-electron chi connectivity index (χ3n) is 4.84. The maximum absolute atomic E-state index is 12.5. The van der Waals surface area contributed by atoms with E-state index in [4.69, 9.17) is 18.9 Å². The molecule has 8 nitrogen and oxygen atoms in total. The van der Waals surface area contributed by atoms with Crippen LogP contribution in [0.3, 0.4) is 0 Å². The second kappa shape index (κ2) is 11.5. The number of methoxy groups -OCH3 is 2. The standard InChI is InChI=1S/C26H25NO7/c1-17(25(29)18-7-5-4-6-8-18)34-26(30)19-9-14-22(23(15-19)32-3)33-16-24(28)27-20-10-12-21(31-2)13-11-20/h4-15,17H,16H2,1-3H3,(H,27,28). The van der Waals surface area contributed by atoms with Gasteiger partial charge in [-0.15, -0.1) is 0 Å². The van der Waals surface area contributed by atoms with Gasteiger partial charge in [0.1, 0.15) is 5.75 Å². The summed E-state index contributed by atoms with van der Waals surface area (Å²) in [6, 6.07) is 19.9. The first kappa shape index (κ1) is 24.3. The van der Waals surface area contributed by atoms with E-state index in [9.17, 15) is 14.4 Å². The van der Waals surface area contributed by atoms with E-state index in [1.807, 2.05) is 0 Å². The number of hydrogen-bond donors (Lipinski definition) is 1. The average Bonchev–Trinajstić information content (AvgIpc) is 2.87. The fourth-order valence-electron chi connectivity index (χ4n) is 3.05. The number of esters is 1. The summed E-state index contributed by atoms with van der Waals surface area (Å²) in [6.07, 6.45) is -0.960. The molecule has 0 spiro atoms. The van der Waals surface area contributed by atoms with Crippen LogP contribution >= 0.6 is 0 Å². The molecule has 34 heavy (non-hydrogen) atoms. The minimum atomic E-state index is -0.960. The fraction of sp³-hybridized carbons (Fsp3) is 0.192. The molecule has 0 fully saturated rings. The van der Waals surface area contributed by atoms with Crippen LogP contribution in [0.5, 0.6) is 17.2 Å². The molecule has 0 bridgehead atoms. The summed E-state index contributed by atoms with van der Waals surface area (Å²) < 4.78 is 21.2. The molecule has 0 heterocycles. The zero-order valence-corrected chi connectivity index (χ0v) is 19.1. The van der Waals surface area contributed by atoms with E-state index in [0.29, 0.717) is 17.0 Å². The lowest BCUT2D eigenvalue weighted by atomic mass is 10.1. The van der Waals surface area contributed by atoms with Crippen molar-refractivity contribution in [1.82, 2.24) is 0 Å². The maximum atomic E-state index is 12.5. The third-order valence-corrected chi connectivity index (χ3v) is 4.84. The first-order chi connectivity index (χ1) is 16.4. The van der Waals surface area contributed by atoms with E-state index in [0.717, 1.165) is 0 Å². The number of anilines is 1. The normalized spacial score (nSPS) is 11.1. The van der Waals surface area contributed by atoms with Crippen LogP contribution in [0, 0.1) is 0 Å². The Labute approximate surface area is 197 Å². The molecule has 0 aromatic heterocycles. The molecule has 0 radical (unpaired) electrons. The Bertz CT molecular complexity index is 1140. The van der Waals surface area contributed by atoms with Crippen molar-refractivity contribution in [1.29, 1.82) is 0 Å². The number of ketones is 1. The topological polar surface area (TPSA) is 100 Å². The van der Waals surface area contributed by atoms with Crippen LogP contribution in [0.2, 0.25) is 0 Å². The van der Waals surface area contributed by atoms with Crippen molar-refractivity contribution in [3.05, 3.63) is 83.9 Å². The molecule has 0 saturated carbocycles. The summed E-state index contributed by atoms with van der Waals surface area (Å²) in [5, 5.41) is 2.71. The Kier molecular flexibility index (Phi) is 8.23. The Hall–Kier alpha value is -4.33. The van der Waals surface area contributed by atoms with Gasteiger partial charge in [0.05, 0.1) is 19.8 Å². The SMILES string of the molecule is COc1ccc(NC(=O)COc2ccc(C(=O)OC(C)C(=O)c3ccccc3)cc2OC)cc1. The number of amides is 1. The lowest BCUT2D eigenvalue weighted by molar-refractivity contribution is -0.118. The molecule has 8 heteroatoms. The highest BCUT2D eigenvalue weighted by atomic mass is 16.5. The van der Waals surface area contributed by atoms with Gasteiger partial charge in [0.25, 0.3) is 5.91 Å². The highest BCUT2D eigenvalue weighted by Gasteiger charge is 2.21. The molecule has 0 aliphatic rings. The van der Waals surface area contributed by atoms with Crippen LogP contribution in [0.25, 0.3) is 0 Å². The number of Topliss-reactive ketones (excluding diaryl/α,β-unsaturated/α-hetero) is 1. The number of nitrogens with one attached hydrogen (secondary N) is 1. The van der Waals surface area contributed by atoms with E-state index in [1.54, 1.807) is 61.7 Å². The molecular formula is C26H25NO7. The molecule has 0 aliphatic carbocycles. The minimum absolute atomic E-state index is 0.180. The van der Waals surface area contributed by atoms with Crippen LogP contribution in [0.15, 0.2) is 72.8 Å². The average molecular weight is 463 g/mol. The highest BCUT2D eigenvalue weighted by Crippen LogP contribution is 2.28. The molecule has 1 N–H and O–H groups in total. The number of carbonyl (C=O) groups is 3. The maximum Gasteiger partial charge on any atom is 0.338 e. The summed E-state index contributed by atoms with van der Waals surface area (Å²) in [5.74, 6) is -0.158. The van der Waals surface area contributed by atoms with Gasteiger partial charge in [-0.25, -0.2) is 4.79 Å². The molecule has 1 amide bonds. The van der Waals surface area contributed by atoms with Crippen molar-refractivity contribution < 1.29 is 33.3 Å². The fourth-order valence-corrected chi connectivity index (χ4v) is 3.05. The zero-order valence-electron chi connectivity index (χ0n) is 19.1. The van der Waals surface area contributed by atoms with Crippen LogP contribution in [0.1, 0.15) is 27.6 Å². The highest BCUT2D eigenvalue weighted by molar-refractivity contribution is 6.01. The van der Waals surface area contributed by atoms with Crippen molar-refractivity contribution in [3.8, 4) is 17.2 Å². The first-order valence-electron chi connectivity index (χ1n) is 10.5. The van der Waals surface area contributed by atoms with E-state index >= 15 is 0 Å². The smallest absolute Gasteiger partial charge is 0.338 e. The van der Waals surface area contributed by atoms with E-state index in [2.05, 4.69) is 5.32 Å². The first-order valence-corrected chi connectivity index (χ1v) is 10.5. The Morgan fingerprint density at radius 1 is 0.824 bits per heavy atom. The van der Waals surface area contributed by atoms with Crippen molar-refractivity contribution in [2.75, 3.05) is 26.1 Å². The Morgan fingerprint density at radius 2 is 1.53 bits per heavy atom. The number of carbonyl (C=O) groups excluding carboxylic acids is 3. The molecule has 3 aromatic carbocycles. The van der Waals surface area contributed by atoms with Gasteiger partial charge < -0.3 is 24.3 Å². The third kappa shape index (κ3) is 6.35. The lowest BCUT2D eigenvalue weighted by Crippen LogP contribution is -2.24. The van der Waals surface area contributed by atoms with E-state index < -0.39 is 12.1 Å². The van der Waals surface area contributed by atoms with Gasteiger partial charge in [0.15, 0.2) is 24.2 Å².